The molecule has 0 radical (unpaired) electrons. The number of aryl methyl sites for hydroxylation is 1. The van der Waals surface area contributed by atoms with Crippen molar-refractivity contribution in [2.75, 3.05) is 26.2 Å². The van der Waals surface area contributed by atoms with Gasteiger partial charge in [-0.2, -0.15) is 9.40 Å². The lowest BCUT2D eigenvalue weighted by Crippen LogP contribution is -2.48. The van der Waals surface area contributed by atoms with Gasteiger partial charge in [-0.15, -0.1) is 0 Å². The van der Waals surface area contributed by atoms with Crippen LogP contribution in [0.15, 0.2) is 66.3 Å². The monoisotopic (exact) mass is 455 g/mol. The predicted molar refractivity (Wildman–Crippen MR) is 125 cm³/mol. The molecule has 0 aliphatic carbocycles. The number of benzene rings is 2. The molecule has 4 rings (SSSR count). The molecule has 1 saturated heterocycles. The first-order valence-corrected chi connectivity index (χ1v) is 12.0. The second-order valence-corrected chi connectivity index (χ2v) is 9.67. The summed E-state index contributed by atoms with van der Waals surface area (Å²) in [5, 5.41) is 5.74. The zero-order chi connectivity index (χ0) is 21.8. The van der Waals surface area contributed by atoms with Crippen LogP contribution in [0.25, 0.3) is 11.8 Å². The number of hydrogen-bond acceptors (Lipinski definition) is 5. The van der Waals surface area contributed by atoms with Crippen LogP contribution in [0.1, 0.15) is 11.1 Å². The lowest BCUT2D eigenvalue weighted by Gasteiger charge is -2.32. The molecule has 1 aliphatic rings. The SMILES string of the molecule is Cc1ccccc1-n1cnn(CN2CCN(S(=O)(=O)/C=C/c3ccccc3)CC2)c1=S. The molecule has 0 unspecified atom stereocenters. The van der Waals surface area contributed by atoms with E-state index in [0.717, 1.165) is 16.8 Å². The summed E-state index contributed by atoms with van der Waals surface area (Å²) in [5.41, 5.74) is 3.00. The number of rotatable bonds is 6. The molecular formula is C22H25N5O2S2. The van der Waals surface area contributed by atoms with Crippen molar-refractivity contribution in [3.05, 3.63) is 82.2 Å². The summed E-state index contributed by atoms with van der Waals surface area (Å²) in [7, 11) is -3.44. The van der Waals surface area contributed by atoms with Gasteiger partial charge in [-0.25, -0.2) is 13.1 Å². The minimum atomic E-state index is -3.44. The Morgan fingerprint density at radius 1 is 1.00 bits per heavy atom. The van der Waals surface area contributed by atoms with Gasteiger partial charge in [0.05, 0.1) is 12.4 Å². The third-order valence-corrected chi connectivity index (χ3v) is 7.34. The van der Waals surface area contributed by atoms with Crippen LogP contribution in [-0.4, -0.2) is 58.1 Å². The third kappa shape index (κ3) is 5.01. The van der Waals surface area contributed by atoms with E-state index in [0.29, 0.717) is 37.6 Å². The molecule has 7 nitrogen and oxygen atoms in total. The van der Waals surface area contributed by atoms with Crippen molar-refractivity contribution in [3.8, 4) is 5.69 Å². The van der Waals surface area contributed by atoms with Gasteiger partial charge >= 0.3 is 0 Å². The molecule has 0 atom stereocenters. The first-order chi connectivity index (χ1) is 14.9. The van der Waals surface area contributed by atoms with Crippen molar-refractivity contribution in [1.29, 1.82) is 0 Å². The molecule has 1 fully saturated rings. The van der Waals surface area contributed by atoms with E-state index in [2.05, 4.69) is 10.00 Å². The maximum absolute atomic E-state index is 12.7. The molecule has 0 amide bonds. The van der Waals surface area contributed by atoms with E-state index < -0.39 is 10.0 Å². The van der Waals surface area contributed by atoms with Crippen LogP contribution in [0.3, 0.4) is 0 Å². The second kappa shape index (κ2) is 9.27. The van der Waals surface area contributed by atoms with Crippen LogP contribution in [0.2, 0.25) is 0 Å². The fraction of sp³-hybridized carbons (Fsp3) is 0.273. The summed E-state index contributed by atoms with van der Waals surface area (Å²) in [6.07, 6.45) is 3.37. The minimum absolute atomic E-state index is 0.438. The quantitative estimate of drug-likeness (QED) is 0.534. The smallest absolute Gasteiger partial charge is 0.236 e. The number of hydrogen-bond donors (Lipinski definition) is 0. The van der Waals surface area contributed by atoms with Crippen LogP contribution in [0.5, 0.6) is 0 Å². The Balaban J connectivity index is 1.38. The third-order valence-electron chi connectivity index (χ3n) is 5.37. The fourth-order valence-electron chi connectivity index (χ4n) is 3.56. The van der Waals surface area contributed by atoms with Gasteiger partial charge in [0.15, 0.2) is 0 Å². The van der Waals surface area contributed by atoms with Crippen molar-refractivity contribution < 1.29 is 8.42 Å². The lowest BCUT2D eigenvalue weighted by atomic mass is 10.2. The summed E-state index contributed by atoms with van der Waals surface area (Å²) in [6, 6.07) is 17.5. The van der Waals surface area contributed by atoms with Crippen LogP contribution in [0, 0.1) is 11.7 Å². The largest absolute Gasteiger partial charge is 0.282 e. The summed E-state index contributed by atoms with van der Waals surface area (Å²) >= 11 is 5.62. The number of piperazine rings is 1. The average Bonchev–Trinajstić information content (AvgIpc) is 3.14. The van der Waals surface area contributed by atoms with Crippen molar-refractivity contribution in [3.63, 3.8) is 0 Å². The molecule has 1 aliphatic heterocycles. The van der Waals surface area contributed by atoms with Gasteiger partial charge in [-0.05, 0) is 42.4 Å². The van der Waals surface area contributed by atoms with E-state index in [4.69, 9.17) is 12.2 Å². The maximum Gasteiger partial charge on any atom is 0.236 e. The minimum Gasteiger partial charge on any atom is -0.282 e. The van der Waals surface area contributed by atoms with Crippen LogP contribution in [-0.2, 0) is 16.7 Å². The Morgan fingerprint density at radius 3 is 2.39 bits per heavy atom. The Morgan fingerprint density at radius 2 is 1.68 bits per heavy atom. The second-order valence-electron chi connectivity index (χ2n) is 7.49. The molecule has 3 aromatic rings. The molecule has 0 spiro atoms. The molecule has 2 heterocycles. The van der Waals surface area contributed by atoms with Crippen molar-refractivity contribution >= 4 is 28.3 Å². The molecule has 31 heavy (non-hydrogen) atoms. The van der Waals surface area contributed by atoms with Crippen LogP contribution >= 0.6 is 12.2 Å². The Kier molecular flexibility index (Phi) is 6.47. The zero-order valence-electron chi connectivity index (χ0n) is 17.3. The first kappa shape index (κ1) is 21.6. The zero-order valence-corrected chi connectivity index (χ0v) is 19.0. The normalized spacial score (nSPS) is 16.2. The topological polar surface area (TPSA) is 63.4 Å². The van der Waals surface area contributed by atoms with Crippen molar-refractivity contribution in [2.45, 2.75) is 13.6 Å². The maximum atomic E-state index is 12.7. The van der Waals surface area contributed by atoms with E-state index in [1.165, 1.54) is 9.71 Å². The molecule has 1 aromatic heterocycles. The Labute approximate surface area is 187 Å². The molecule has 0 N–H and O–H groups in total. The average molecular weight is 456 g/mol. The molecule has 0 bridgehead atoms. The number of para-hydroxylation sites is 1. The van der Waals surface area contributed by atoms with Crippen molar-refractivity contribution in [2.24, 2.45) is 0 Å². The molecule has 9 heteroatoms. The highest BCUT2D eigenvalue weighted by Gasteiger charge is 2.25. The highest BCUT2D eigenvalue weighted by atomic mass is 32.2. The van der Waals surface area contributed by atoms with Crippen LogP contribution < -0.4 is 0 Å². The molecule has 2 aromatic carbocycles. The van der Waals surface area contributed by atoms with Gasteiger partial charge in [0.1, 0.15) is 6.33 Å². The Bertz CT molecular complexity index is 1220. The highest BCUT2D eigenvalue weighted by molar-refractivity contribution is 7.92. The van der Waals surface area contributed by atoms with Gasteiger partial charge in [-0.3, -0.25) is 9.47 Å². The van der Waals surface area contributed by atoms with E-state index >= 15 is 0 Å². The molecule has 0 saturated carbocycles. The standard InChI is InChI=1S/C22H25N5O2S2/c1-19-7-5-6-10-21(19)26-17-23-27(22(26)30)18-24-12-14-25(15-13-24)31(28,29)16-11-20-8-3-2-4-9-20/h2-11,16-17H,12-15,18H2,1H3/b16-11+. The number of aromatic nitrogens is 3. The lowest BCUT2D eigenvalue weighted by molar-refractivity contribution is 0.145. The van der Waals surface area contributed by atoms with Gasteiger partial charge in [0.25, 0.3) is 0 Å². The van der Waals surface area contributed by atoms with Gasteiger partial charge < -0.3 is 0 Å². The first-order valence-electron chi connectivity index (χ1n) is 10.1. The molecular weight excluding hydrogens is 430 g/mol. The highest BCUT2D eigenvalue weighted by Crippen LogP contribution is 2.15. The van der Waals surface area contributed by atoms with Crippen molar-refractivity contribution in [1.82, 2.24) is 23.6 Å². The Hall–Kier alpha value is -2.59. The van der Waals surface area contributed by atoms with E-state index in [-0.39, 0.29) is 0 Å². The summed E-state index contributed by atoms with van der Waals surface area (Å²) in [6.45, 7) is 4.70. The van der Waals surface area contributed by atoms with Crippen LogP contribution in [0.4, 0.5) is 0 Å². The van der Waals surface area contributed by atoms with E-state index in [1.807, 2.05) is 66.1 Å². The van der Waals surface area contributed by atoms with E-state index in [1.54, 1.807) is 17.1 Å². The predicted octanol–water partition coefficient (Wildman–Crippen LogP) is 3.29. The summed E-state index contributed by atoms with van der Waals surface area (Å²) < 4.78 is 31.1. The van der Waals surface area contributed by atoms with Gasteiger partial charge in [0.2, 0.25) is 14.8 Å². The number of nitrogens with zero attached hydrogens (tertiary/aromatic N) is 5. The van der Waals surface area contributed by atoms with E-state index in [9.17, 15) is 8.42 Å². The fourth-order valence-corrected chi connectivity index (χ4v) is 4.99. The summed E-state index contributed by atoms with van der Waals surface area (Å²) in [5.74, 6) is 0. The molecule has 162 valence electrons. The number of sulfonamides is 1. The van der Waals surface area contributed by atoms with Gasteiger partial charge in [0, 0.05) is 31.6 Å². The summed E-state index contributed by atoms with van der Waals surface area (Å²) in [4.78, 5) is 2.16. The van der Waals surface area contributed by atoms with Gasteiger partial charge in [-0.1, -0.05) is 48.5 Å².